The van der Waals surface area contributed by atoms with Crippen molar-refractivity contribution in [1.29, 1.82) is 0 Å². The highest BCUT2D eigenvalue weighted by molar-refractivity contribution is 5.95. The SMILES string of the molecule is COC(=O)C(C)CN(C)C(=O)c1cnc2ncnn2c1C. The number of hydrogen-bond acceptors (Lipinski definition) is 6. The van der Waals surface area contributed by atoms with Gasteiger partial charge in [-0.25, -0.2) is 9.50 Å². The van der Waals surface area contributed by atoms with Crippen LogP contribution in [0, 0.1) is 12.8 Å². The number of aryl methyl sites for hydroxylation is 1. The molecule has 8 nitrogen and oxygen atoms in total. The zero-order valence-electron chi connectivity index (χ0n) is 12.4. The number of ether oxygens (including phenoxy) is 1. The van der Waals surface area contributed by atoms with Gasteiger partial charge >= 0.3 is 5.97 Å². The Hall–Kier alpha value is -2.51. The number of esters is 1. The van der Waals surface area contributed by atoms with Crippen molar-refractivity contribution < 1.29 is 14.3 Å². The Balaban J connectivity index is 2.21. The van der Waals surface area contributed by atoms with Crippen molar-refractivity contribution in [2.24, 2.45) is 5.92 Å². The molecule has 0 aliphatic rings. The first-order chi connectivity index (χ1) is 9.95. The van der Waals surface area contributed by atoms with E-state index in [2.05, 4.69) is 19.8 Å². The van der Waals surface area contributed by atoms with E-state index >= 15 is 0 Å². The molecule has 0 fully saturated rings. The highest BCUT2D eigenvalue weighted by atomic mass is 16.5. The molecule has 0 bridgehead atoms. The zero-order chi connectivity index (χ0) is 15.6. The van der Waals surface area contributed by atoms with Gasteiger partial charge in [0.15, 0.2) is 0 Å². The molecule has 21 heavy (non-hydrogen) atoms. The highest BCUT2D eigenvalue weighted by Crippen LogP contribution is 2.11. The predicted octanol–water partition coefficient (Wildman–Crippen LogP) is 0.314. The third-order valence-corrected chi connectivity index (χ3v) is 3.27. The Morgan fingerprint density at radius 3 is 2.81 bits per heavy atom. The fourth-order valence-electron chi connectivity index (χ4n) is 2.07. The average Bonchev–Trinajstić information content (AvgIpc) is 2.95. The maximum Gasteiger partial charge on any atom is 0.310 e. The number of fused-ring (bicyclic) bond motifs is 1. The highest BCUT2D eigenvalue weighted by Gasteiger charge is 2.22. The lowest BCUT2D eigenvalue weighted by Gasteiger charge is -2.21. The number of carbonyl (C=O) groups excluding carboxylic acids is 2. The number of hydrogen-bond donors (Lipinski definition) is 0. The Morgan fingerprint density at radius 2 is 2.14 bits per heavy atom. The van der Waals surface area contributed by atoms with Crippen LogP contribution in [0.2, 0.25) is 0 Å². The summed E-state index contributed by atoms with van der Waals surface area (Å²) in [4.78, 5) is 33.4. The van der Waals surface area contributed by atoms with Crippen LogP contribution in [0.5, 0.6) is 0 Å². The first-order valence-corrected chi connectivity index (χ1v) is 6.44. The number of nitrogens with zero attached hydrogens (tertiary/aromatic N) is 5. The fraction of sp³-hybridized carbons (Fsp3) is 0.462. The van der Waals surface area contributed by atoms with Crippen LogP contribution in [0.4, 0.5) is 0 Å². The van der Waals surface area contributed by atoms with Gasteiger partial charge in [0.25, 0.3) is 11.7 Å². The smallest absolute Gasteiger partial charge is 0.310 e. The van der Waals surface area contributed by atoms with Gasteiger partial charge in [-0.2, -0.15) is 10.1 Å². The zero-order valence-corrected chi connectivity index (χ0v) is 12.4. The molecule has 2 aromatic heterocycles. The van der Waals surface area contributed by atoms with Crippen molar-refractivity contribution in [2.75, 3.05) is 20.7 Å². The van der Waals surface area contributed by atoms with Crippen molar-refractivity contribution in [2.45, 2.75) is 13.8 Å². The second-order valence-corrected chi connectivity index (χ2v) is 4.84. The molecular weight excluding hydrogens is 274 g/mol. The van der Waals surface area contributed by atoms with Gasteiger partial charge in [-0.1, -0.05) is 6.92 Å². The summed E-state index contributed by atoms with van der Waals surface area (Å²) < 4.78 is 6.16. The van der Waals surface area contributed by atoms with Crippen molar-refractivity contribution in [1.82, 2.24) is 24.5 Å². The molecule has 0 radical (unpaired) electrons. The van der Waals surface area contributed by atoms with Gasteiger partial charge in [0.05, 0.1) is 24.3 Å². The van der Waals surface area contributed by atoms with Gasteiger partial charge in [-0.3, -0.25) is 9.59 Å². The van der Waals surface area contributed by atoms with Crippen LogP contribution >= 0.6 is 0 Å². The standard InChI is InChI=1S/C13H17N5O3/c1-8(12(20)21-4)6-17(3)11(19)10-5-14-13-15-7-16-18(13)9(10)2/h5,7-8H,6H2,1-4H3. The molecular formula is C13H17N5O3. The second kappa shape index (κ2) is 5.86. The van der Waals surface area contributed by atoms with Crippen LogP contribution in [0.25, 0.3) is 5.78 Å². The lowest BCUT2D eigenvalue weighted by molar-refractivity contribution is -0.145. The van der Waals surface area contributed by atoms with Crippen molar-refractivity contribution in [3.8, 4) is 0 Å². The lowest BCUT2D eigenvalue weighted by Crippen LogP contribution is -2.34. The quantitative estimate of drug-likeness (QED) is 0.753. The third kappa shape index (κ3) is 2.83. The molecule has 0 aliphatic heterocycles. The largest absolute Gasteiger partial charge is 0.469 e. The summed E-state index contributed by atoms with van der Waals surface area (Å²) in [6, 6.07) is 0. The maximum atomic E-state index is 12.4. The third-order valence-electron chi connectivity index (χ3n) is 3.27. The van der Waals surface area contributed by atoms with E-state index in [0.29, 0.717) is 17.0 Å². The van der Waals surface area contributed by atoms with Crippen LogP contribution in [0.15, 0.2) is 12.5 Å². The molecule has 0 saturated carbocycles. The Morgan fingerprint density at radius 1 is 1.43 bits per heavy atom. The summed E-state index contributed by atoms with van der Waals surface area (Å²) in [6.45, 7) is 3.75. The number of carbonyl (C=O) groups is 2. The molecule has 112 valence electrons. The number of amides is 1. The van der Waals surface area contributed by atoms with Crippen LogP contribution < -0.4 is 0 Å². The molecule has 0 aromatic carbocycles. The van der Waals surface area contributed by atoms with E-state index in [9.17, 15) is 9.59 Å². The van der Waals surface area contributed by atoms with E-state index < -0.39 is 5.92 Å². The molecule has 1 amide bonds. The summed E-state index contributed by atoms with van der Waals surface area (Å²) >= 11 is 0. The Labute approximate surface area is 121 Å². The van der Waals surface area contributed by atoms with E-state index in [1.807, 2.05) is 0 Å². The summed E-state index contributed by atoms with van der Waals surface area (Å²) in [7, 11) is 2.96. The molecule has 1 unspecified atom stereocenters. The van der Waals surface area contributed by atoms with E-state index in [1.54, 1.807) is 20.9 Å². The summed E-state index contributed by atoms with van der Waals surface area (Å²) in [5.74, 6) is -0.536. The van der Waals surface area contributed by atoms with Gasteiger partial charge in [0.1, 0.15) is 6.33 Å². The van der Waals surface area contributed by atoms with Gasteiger partial charge in [0.2, 0.25) is 0 Å². The molecule has 0 saturated heterocycles. The van der Waals surface area contributed by atoms with Crippen LogP contribution in [0.3, 0.4) is 0 Å². The normalized spacial score (nSPS) is 12.2. The van der Waals surface area contributed by atoms with Crippen LogP contribution in [-0.2, 0) is 9.53 Å². The van der Waals surface area contributed by atoms with E-state index in [1.165, 1.54) is 29.0 Å². The Kier molecular flexibility index (Phi) is 4.15. The number of rotatable bonds is 4. The number of methoxy groups -OCH3 is 1. The lowest BCUT2D eigenvalue weighted by atomic mass is 10.1. The molecule has 8 heteroatoms. The first kappa shape index (κ1) is 14.9. The minimum absolute atomic E-state index is 0.229. The van der Waals surface area contributed by atoms with Crippen molar-refractivity contribution in [3.05, 3.63) is 23.8 Å². The average molecular weight is 291 g/mol. The van der Waals surface area contributed by atoms with Gasteiger partial charge in [-0.15, -0.1) is 0 Å². The minimum atomic E-state index is -0.396. The molecule has 1 atom stereocenters. The molecule has 2 rings (SSSR count). The number of aromatic nitrogens is 4. The van der Waals surface area contributed by atoms with E-state index in [-0.39, 0.29) is 18.4 Å². The monoisotopic (exact) mass is 291 g/mol. The summed E-state index contributed by atoms with van der Waals surface area (Å²) in [6.07, 6.45) is 2.85. The van der Waals surface area contributed by atoms with Gasteiger partial charge in [-0.05, 0) is 6.92 Å². The fourth-order valence-corrected chi connectivity index (χ4v) is 2.07. The molecule has 0 spiro atoms. The van der Waals surface area contributed by atoms with E-state index in [4.69, 9.17) is 0 Å². The van der Waals surface area contributed by atoms with Crippen molar-refractivity contribution >= 4 is 17.7 Å². The maximum absolute atomic E-state index is 12.4. The van der Waals surface area contributed by atoms with Gasteiger partial charge in [0, 0.05) is 19.8 Å². The topological polar surface area (TPSA) is 89.7 Å². The Bertz CT molecular complexity index is 681. The van der Waals surface area contributed by atoms with E-state index in [0.717, 1.165) is 0 Å². The predicted molar refractivity (Wildman–Crippen MR) is 73.7 cm³/mol. The van der Waals surface area contributed by atoms with Gasteiger partial charge < -0.3 is 9.64 Å². The summed E-state index contributed by atoms with van der Waals surface area (Å²) in [5, 5.41) is 4.02. The molecule has 2 aromatic rings. The molecule has 0 aliphatic carbocycles. The van der Waals surface area contributed by atoms with Crippen molar-refractivity contribution in [3.63, 3.8) is 0 Å². The summed E-state index contributed by atoms with van der Waals surface area (Å²) in [5.41, 5.74) is 1.08. The van der Waals surface area contributed by atoms with Crippen LogP contribution in [-0.4, -0.2) is 57.1 Å². The molecule has 0 N–H and O–H groups in total. The second-order valence-electron chi connectivity index (χ2n) is 4.84. The first-order valence-electron chi connectivity index (χ1n) is 6.44. The molecule has 2 heterocycles. The minimum Gasteiger partial charge on any atom is -0.469 e. The van der Waals surface area contributed by atoms with Crippen LogP contribution in [0.1, 0.15) is 23.0 Å².